The summed E-state index contributed by atoms with van der Waals surface area (Å²) in [5, 5.41) is 0. The van der Waals surface area contributed by atoms with Gasteiger partial charge >= 0.3 is 0 Å². The van der Waals surface area contributed by atoms with Crippen molar-refractivity contribution in [2.24, 2.45) is 0 Å². The van der Waals surface area contributed by atoms with Crippen molar-refractivity contribution in [1.82, 2.24) is 0 Å². The predicted octanol–water partition coefficient (Wildman–Crippen LogP) is 5.31. The number of aryl methyl sites for hydroxylation is 1. The van der Waals surface area contributed by atoms with Crippen molar-refractivity contribution in [2.45, 2.75) is 31.4 Å². The summed E-state index contributed by atoms with van der Waals surface area (Å²) in [6, 6.07) is 19.3. The van der Waals surface area contributed by atoms with E-state index in [2.05, 4.69) is 61.5 Å². The molecule has 0 radical (unpaired) electrons. The number of hydrogen-bond acceptors (Lipinski definition) is 1. The van der Waals surface area contributed by atoms with Gasteiger partial charge in [0.25, 0.3) is 0 Å². The molecule has 0 amide bonds. The highest BCUT2D eigenvalue weighted by atomic mass is 32.2. The average Bonchev–Trinajstić information content (AvgIpc) is 2.42. The molecular formula is C16H20S. The summed E-state index contributed by atoms with van der Waals surface area (Å²) in [5.41, 5.74) is 2.70. The van der Waals surface area contributed by atoms with Crippen molar-refractivity contribution < 1.29 is 0 Å². The SMILES string of the molecule is CC.Cc1ccc(SCc2ccccc2)cc1. The molecule has 0 saturated carbocycles. The Morgan fingerprint density at radius 2 is 1.41 bits per heavy atom. The summed E-state index contributed by atoms with van der Waals surface area (Å²) < 4.78 is 0. The molecule has 2 aromatic rings. The molecule has 2 aromatic carbocycles. The van der Waals surface area contributed by atoms with Crippen LogP contribution in [0.3, 0.4) is 0 Å². The number of benzene rings is 2. The van der Waals surface area contributed by atoms with E-state index in [9.17, 15) is 0 Å². The fourth-order valence-electron chi connectivity index (χ4n) is 1.38. The molecule has 0 nitrogen and oxygen atoms in total. The standard InChI is InChI=1S/C14H14S.C2H6/c1-12-7-9-14(10-8-12)15-11-13-5-3-2-4-6-13;1-2/h2-10H,11H2,1H3;1-2H3. The maximum atomic E-state index is 2.18. The Balaban J connectivity index is 0.000000686. The van der Waals surface area contributed by atoms with Gasteiger partial charge in [-0.25, -0.2) is 0 Å². The summed E-state index contributed by atoms with van der Waals surface area (Å²) in [7, 11) is 0. The molecule has 0 saturated heterocycles. The van der Waals surface area contributed by atoms with Gasteiger partial charge in [-0.3, -0.25) is 0 Å². The molecule has 17 heavy (non-hydrogen) atoms. The van der Waals surface area contributed by atoms with Gasteiger partial charge in [-0.05, 0) is 24.6 Å². The lowest BCUT2D eigenvalue weighted by molar-refractivity contribution is 1.35. The monoisotopic (exact) mass is 244 g/mol. The van der Waals surface area contributed by atoms with Crippen LogP contribution in [0.4, 0.5) is 0 Å². The first-order valence-electron chi connectivity index (χ1n) is 6.08. The van der Waals surface area contributed by atoms with Gasteiger partial charge < -0.3 is 0 Å². The number of thioether (sulfide) groups is 1. The van der Waals surface area contributed by atoms with Gasteiger partial charge in [0.05, 0.1) is 0 Å². The van der Waals surface area contributed by atoms with Gasteiger partial charge in [-0.2, -0.15) is 0 Å². The molecular weight excluding hydrogens is 224 g/mol. The summed E-state index contributed by atoms with van der Waals surface area (Å²) in [4.78, 5) is 1.34. The summed E-state index contributed by atoms with van der Waals surface area (Å²) >= 11 is 1.88. The second kappa shape index (κ2) is 7.97. The first-order chi connectivity index (χ1) is 8.34. The van der Waals surface area contributed by atoms with Crippen LogP contribution in [-0.4, -0.2) is 0 Å². The van der Waals surface area contributed by atoms with Crippen molar-refractivity contribution in [3.8, 4) is 0 Å². The van der Waals surface area contributed by atoms with Crippen molar-refractivity contribution in [1.29, 1.82) is 0 Å². The fraction of sp³-hybridized carbons (Fsp3) is 0.250. The molecule has 0 heterocycles. The Kier molecular flexibility index (Phi) is 6.49. The van der Waals surface area contributed by atoms with Crippen LogP contribution in [0, 0.1) is 6.92 Å². The van der Waals surface area contributed by atoms with E-state index in [0.29, 0.717) is 0 Å². The zero-order valence-electron chi connectivity index (χ0n) is 10.8. The van der Waals surface area contributed by atoms with Crippen molar-refractivity contribution >= 4 is 11.8 Å². The topological polar surface area (TPSA) is 0 Å². The highest BCUT2D eigenvalue weighted by molar-refractivity contribution is 7.98. The third-order valence-electron chi connectivity index (χ3n) is 2.27. The molecule has 0 fully saturated rings. The lowest BCUT2D eigenvalue weighted by Crippen LogP contribution is -1.79. The van der Waals surface area contributed by atoms with Gasteiger partial charge in [-0.15, -0.1) is 11.8 Å². The van der Waals surface area contributed by atoms with E-state index in [4.69, 9.17) is 0 Å². The minimum Gasteiger partial charge on any atom is -0.121 e. The molecule has 0 unspecified atom stereocenters. The molecule has 0 bridgehead atoms. The first kappa shape index (κ1) is 13.9. The van der Waals surface area contributed by atoms with Crippen LogP contribution in [0.2, 0.25) is 0 Å². The van der Waals surface area contributed by atoms with Crippen LogP contribution in [0.25, 0.3) is 0 Å². The van der Waals surface area contributed by atoms with E-state index < -0.39 is 0 Å². The van der Waals surface area contributed by atoms with Crippen LogP contribution in [0.15, 0.2) is 59.5 Å². The largest absolute Gasteiger partial charge is 0.121 e. The Morgan fingerprint density at radius 3 is 2.00 bits per heavy atom. The van der Waals surface area contributed by atoms with Crippen molar-refractivity contribution in [2.75, 3.05) is 0 Å². The number of hydrogen-bond donors (Lipinski definition) is 0. The normalized spacial score (nSPS) is 9.35. The Morgan fingerprint density at radius 1 is 0.824 bits per heavy atom. The molecule has 90 valence electrons. The molecule has 1 heteroatoms. The van der Waals surface area contributed by atoms with Gasteiger partial charge in [-0.1, -0.05) is 61.9 Å². The van der Waals surface area contributed by atoms with Crippen LogP contribution in [-0.2, 0) is 5.75 Å². The average molecular weight is 244 g/mol. The van der Waals surface area contributed by atoms with Crippen molar-refractivity contribution in [3.05, 3.63) is 65.7 Å². The van der Waals surface area contributed by atoms with E-state index in [1.54, 1.807) is 0 Å². The van der Waals surface area contributed by atoms with Crippen LogP contribution >= 0.6 is 11.8 Å². The van der Waals surface area contributed by atoms with E-state index >= 15 is 0 Å². The zero-order chi connectivity index (χ0) is 12.5. The van der Waals surface area contributed by atoms with Gasteiger partial charge in [0, 0.05) is 10.6 Å². The molecule has 0 aliphatic carbocycles. The van der Waals surface area contributed by atoms with Crippen LogP contribution in [0.5, 0.6) is 0 Å². The second-order valence-electron chi connectivity index (χ2n) is 3.59. The zero-order valence-corrected chi connectivity index (χ0v) is 11.6. The molecule has 0 aromatic heterocycles. The summed E-state index contributed by atoms with van der Waals surface area (Å²) in [5.74, 6) is 1.05. The molecule has 0 N–H and O–H groups in total. The maximum absolute atomic E-state index is 2.18. The summed E-state index contributed by atoms with van der Waals surface area (Å²) in [6.07, 6.45) is 0. The smallest absolute Gasteiger partial charge is 0.0231 e. The molecule has 0 aliphatic heterocycles. The molecule has 2 rings (SSSR count). The van der Waals surface area contributed by atoms with Crippen molar-refractivity contribution in [3.63, 3.8) is 0 Å². The lowest BCUT2D eigenvalue weighted by Gasteiger charge is -2.02. The van der Waals surface area contributed by atoms with E-state index in [-0.39, 0.29) is 0 Å². The Labute approximate surface area is 109 Å². The summed E-state index contributed by atoms with van der Waals surface area (Å²) in [6.45, 7) is 6.12. The van der Waals surface area contributed by atoms with Gasteiger partial charge in [0.15, 0.2) is 0 Å². The van der Waals surface area contributed by atoms with Crippen LogP contribution in [0.1, 0.15) is 25.0 Å². The van der Waals surface area contributed by atoms with E-state index in [0.717, 1.165) is 5.75 Å². The fourth-order valence-corrected chi connectivity index (χ4v) is 2.23. The quantitative estimate of drug-likeness (QED) is 0.659. The molecule has 0 spiro atoms. The third-order valence-corrected chi connectivity index (χ3v) is 3.35. The minimum absolute atomic E-state index is 1.05. The lowest BCUT2D eigenvalue weighted by atomic mass is 10.2. The van der Waals surface area contributed by atoms with Gasteiger partial charge in [0.2, 0.25) is 0 Å². The van der Waals surface area contributed by atoms with E-state index in [1.165, 1.54) is 16.0 Å². The van der Waals surface area contributed by atoms with E-state index in [1.807, 2.05) is 25.6 Å². The highest BCUT2D eigenvalue weighted by Gasteiger charge is 1.95. The second-order valence-corrected chi connectivity index (χ2v) is 4.64. The Bertz CT molecular complexity index is 403. The van der Waals surface area contributed by atoms with Crippen LogP contribution < -0.4 is 0 Å². The molecule has 0 aliphatic rings. The first-order valence-corrected chi connectivity index (χ1v) is 7.06. The highest BCUT2D eigenvalue weighted by Crippen LogP contribution is 2.22. The minimum atomic E-state index is 1.05. The molecule has 0 atom stereocenters. The van der Waals surface area contributed by atoms with Gasteiger partial charge in [0.1, 0.15) is 0 Å². The maximum Gasteiger partial charge on any atom is 0.0231 e. The third kappa shape index (κ3) is 5.10. The number of rotatable bonds is 3. The predicted molar refractivity (Wildman–Crippen MR) is 78.5 cm³/mol. The Hall–Kier alpha value is -1.21.